The van der Waals surface area contributed by atoms with Gasteiger partial charge in [0.25, 0.3) is 0 Å². The van der Waals surface area contributed by atoms with Gasteiger partial charge < -0.3 is 4.90 Å². The molecule has 1 aliphatic rings. The fourth-order valence-corrected chi connectivity index (χ4v) is 3.41. The summed E-state index contributed by atoms with van der Waals surface area (Å²) in [7, 11) is -4.55. The zero-order chi connectivity index (χ0) is 14.0. The van der Waals surface area contributed by atoms with Crippen molar-refractivity contribution in [3.63, 3.8) is 0 Å². The molecule has 1 saturated heterocycles. The average molecular weight is 289 g/mol. The molecule has 0 radical (unpaired) electrons. The van der Waals surface area contributed by atoms with Gasteiger partial charge in [-0.05, 0) is 30.9 Å². The first kappa shape index (κ1) is 14.2. The first-order valence-electron chi connectivity index (χ1n) is 6.29. The molecule has 19 heavy (non-hydrogen) atoms. The molecule has 1 atom stereocenters. The van der Waals surface area contributed by atoms with Crippen LogP contribution in [0.15, 0.2) is 29.2 Å². The Bertz CT molecular complexity index is 545. The van der Waals surface area contributed by atoms with E-state index in [1.807, 2.05) is 4.90 Å². The highest BCUT2D eigenvalue weighted by molar-refractivity contribution is 7.91. The molecule has 1 aliphatic heterocycles. The molecule has 1 fully saturated rings. The predicted molar refractivity (Wildman–Crippen MR) is 70.2 cm³/mol. The molecule has 1 heterocycles. The highest BCUT2D eigenvalue weighted by Crippen LogP contribution is 2.31. The number of rotatable bonds is 3. The Kier molecular flexibility index (Phi) is 4.08. The fraction of sp³-hybridized carbons (Fsp3) is 0.538. The van der Waals surface area contributed by atoms with Gasteiger partial charge in [0.1, 0.15) is 0 Å². The first-order valence-corrected chi connectivity index (χ1v) is 7.83. The smallest absolute Gasteiger partial charge is 0.341 e. The number of anilines is 1. The Labute approximate surface area is 112 Å². The fourth-order valence-electron chi connectivity index (χ4n) is 2.46. The number of alkyl halides is 2. The van der Waals surface area contributed by atoms with E-state index in [1.165, 1.54) is 12.1 Å². The van der Waals surface area contributed by atoms with Crippen LogP contribution < -0.4 is 4.90 Å². The third-order valence-electron chi connectivity index (χ3n) is 3.40. The second kappa shape index (κ2) is 5.45. The van der Waals surface area contributed by atoms with Crippen LogP contribution in [-0.4, -0.2) is 27.3 Å². The van der Waals surface area contributed by atoms with Crippen molar-refractivity contribution < 1.29 is 17.2 Å². The van der Waals surface area contributed by atoms with Crippen molar-refractivity contribution >= 4 is 15.5 Å². The van der Waals surface area contributed by atoms with E-state index in [4.69, 9.17) is 0 Å². The third kappa shape index (κ3) is 2.88. The largest absolute Gasteiger partial charge is 0.370 e. The van der Waals surface area contributed by atoms with Gasteiger partial charge >= 0.3 is 5.76 Å². The van der Waals surface area contributed by atoms with Crippen molar-refractivity contribution in [2.75, 3.05) is 18.0 Å². The molecule has 0 spiro atoms. The second-order valence-corrected chi connectivity index (χ2v) is 6.85. The SMILES string of the molecule is CC1CCCN(c2ccccc2S(=O)(=O)C(F)F)C1. The summed E-state index contributed by atoms with van der Waals surface area (Å²) in [6, 6.07) is 6.02. The zero-order valence-corrected chi connectivity index (χ0v) is 11.5. The molecule has 0 aliphatic carbocycles. The summed E-state index contributed by atoms with van der Waals surface area (Å²) in [5.74, 6) is -2.94. The molecule has 2 rings (SSSR count). The summed E-state index contributed by atoms with van der Waals surface area (Å²) >= 11 is 0. The Morgan fingerprint density at radius 2 is 2.00 bits per heavy atom. The van der Waals surface area contributed by atoms with E-state index >= 15 is 0 Å². The van der Waals surface area contributed by atoms with Crippen LogP contribution in [0, 0.1) is 5.92 Å². The van der Waals surface area contributed by atoms with E-state index < -0.39 is 15.6 Å². The summed E-state index contributed by atoms with van der Waals surface area (Å²) in [5.41, 5.74) is 0.398. The standard InChI is InChI=1S/C13H17F2NO2S/c1-10-5-4-8-16(9-10)11-6-2-3-7-12(11)19(17,18)13(14)15/h2-3,6-7,10,13H,4-5,8-9H2,1H3. The van der Waals surface area contributed by atoms with Gasteiger partial charge in [0.2, 0.25) is 9.84 Å². The lowest BCUT2D eigenvalue weighted by atomic mass is 10.00. The maximum absolute atomic E-state index is 12.7. The molecule has 0 saturated carbocycles. The Morgan fingerprint density at radius 3 is 2.63 bits per heavy atom. The summed E-state index contributed by atoms with van der Waals surface area (Å²) in [5, 5.41) is 0. The molecule has 0 aromatic heterocycles. The van der Waals surface area contributed by atoms with Gasteiger partial charge in [-0.15, -0.1) is 0 Å². The number of benzene rings is 1. The topological polar surface area (TPSA) is 37.4 Å². The minimum absolute atomic E-state index is 0.265. The molecule has 1 aromatic rings. The van der Waals surface area contributed by atoms with Crippen LogP contribution >= 0.6 is 0 Å². The number of hydrogen-bond donors (Lipinski definition) is 0. The van der Waals surface area contributed by atoms with E-state index in [0.717, 1.165) is 12.8 Å². The second-order valence-electron chi connectivity index (χ2n) is 4.97. The van der Waals surface area contributed by atoms with Crippen molar-refractivity contribution in [3.8, 4) is 0 Å². The maximum Gasteiger partial charge on any atom is 0.341 e. The number of hydrogen-bond acceptors (Lipinski definition) is 3. The van der Waals surface area contributed by atoms with E-state index in [1.54, 1.807) is 12.1 Å². The summed E-state index contributed by atoms with van der Waals surface area (Å²) in [4.78, 5) is 1.63. The quantitative estimate of drug-likeness (QED) is 0.858. The Morgan fingerprint density at radius 1 is 1.32 bits per heavy atom. The average Bonchev–Trinajstić information content (AvgIpc) is 2.38. The van der Waals surface area contributed by atoms with Crippen LogP contribution in [0.1, 0.15) is 19.8 Å². The van der Waals surface area contributed by atoms with Crippen molar-refractivity contribution in [3.05, 3.63) is 24.3 Å². The van der Waals surface area contributed by atoms with E-state index in [2.05, 4.69) is 6.92 Å². The summed E-state index contributed by atoms with van der Waals surface area (Å²) in [6.45, 7) is 3.49. The van der Waals surface area contributed by atoms with Gasteiger partial charge in [0, 0.05) is 13.1 Å². The van der Waals surface area contributed by atoms with Crippen LogP contribution in [0.3, 0.4) is 0 Å². The molecule has 0 amide bonds. The summed E-state index contributed by atoms with van der Waals surface area (Å²) in [6.07, 6.45) is 2.03. The number of piperidine rings is 1. The molecule has 1 unspecified atom stereocenters. The van der Waals surface area contributed by atoms with Crippen molar-refractivity contribution in [1.82, 2.24) is 0 Å². The molecule has 0 bridgehead atoms. The van der Waals surface area contributed by atoms with Crippen LogP contribution in [0.2, 0.25) is 0 Å². The van der Waals surface area contributed by atoms with Gasteiger partial charge in [-0.1, -0.05) is 19.1 Å². The Hall–Kier alpha value is -1.17. The minimum atomic E-state index is -4.55. The lowest BCUT2D eigenvalue weighted by molar-refractivity contribution is 0.234. The van der Waals surface area contributed by atoms with E-state index in [9.17, 15) is 17.2 Å². The van der Waals surface area contributed by atoms with Gasteiger partial charge in [-0.2, -0.15) is 8.78 Å². The molecule has 1 aromatic carbocycles. The third-order valence-corrected chi connectivity index (χ3v) is 4.83. The van der Waals surface area contributed by atoms with Crippen LogP contribution in [0.25, 0.3) is 0 Å². The number of nitrogens with zero attached hydrogens (tertiary/aromatic N) is 1. The number of halogens is 2. The summed E-state index contributed by atoms with van der Waals surface area (Å²) < 4.78 is 48.8. The lowest BCUT2D eigenvalue weighted by Crippen LogP contribution is -2.35. The van der Waals surface area contributed by atoms with E-state index in [0.29, 0.717) is 24.7 Å². The minimum Gasteiger partial charge on any atom is -0.370 e. The maximum atomic E-state index is 12.7. The van der Waals surface area contributed by atoms with Gasteiger partial charge in [-0.3, -0.25) is 0 Å². The zero-order valence-electron chi connectivity index (χ0n) is 10.7. The molecule has 106 valence electrons. The molecule has 3 nitrogen and oxygen atoms in total. The normalized spacial score (nSPS) is 20.8. The highest BCUT2D eigenvalue weighted by Gasteiger charge is 2.31. The van der Waals surface area contributed by atoms with Crippen LogP contribution in [-0.2, 0) is 9.84 Å². The van der Waals surface area contributed by atoms with Gasteiger partial charge in [0.15, 0.2) is 0 Å². The van der Waals surface area contributed by atoms with Crippen LogP contribution in [0.4, 0.5) is 14.5 Å². The molecule has 6 heteroatoms. The van der Waals surface area contributed by atoms with E-state index in [-0.39, 0.29) is 4.90 Å². The molecule has 0 N–H and O–H groups in total. The van der Waals surface area contributed by atoms with Crippen molar-refractivity contribution in [2.45, 2.75) is 30.4 Å². The van der Waals surface area contributed by atoms with Crippen LogP contribution in [0.5, 0.6) is 0 Å². The van der Waals surface area contributed by atoms with Gasteiger partial charge in [0.05, 0.1) is 10.6 Å². The lowest BCUT2D eigenvalue weighted by Gasteiger charge is -2.33. The molecular weight excluding hydrogens is 272 g/mol. The van der Waals surface area contributed by atoms with Gasteiger partial charge in [-0.25, -0.2) is 8.42 Å². The first-order chi connectivity index (χ1) is 8.93. The number of sulfone groups is 1. The number of para-hydroxylation sites is 1. The Balaban J connectivity index is 2.42. The molecular formula is C13H17F2NO2S. The highest BCUT2D eigenvalue weighted by atomic mass is 32.2. The predicted octanol–water partition coefficient (Wildman–Crippen LogP) is 2.92. The monoisotopic (exact) mass is 289 g/mol. The van der Waals surface area contributed by atoms with Crippen molar-refractivity contribution in [2.24, 2.45) is 5.92 Å². The van der Waals surface area contributed by atoms with Crippen molar-refractivity contribution in [1.29, 1.82) is 0 Å².